The Morgan fingerprint density at radius 1 is 0.979 bits per heavy atom. The van der Waals surface area contributed by atoms with Crippen LogP contribution < -0.4 is 10.2 Å². The first kappa shape index (κ1) is 33.8. The average Bonchev–Trinajstić information content (AvgIpc) is 3.17. The maximum atomic E-state index is 15.7. The van der Waals surface area contributed by atoms with Crippen LogP contribution >= 0.6 is 22.4 Å². The second kappa shape index (κ2) is 14.2. The lowest BCUT2D eigenvalue weighted by atomic mass is 9.83. The zero-order valence-corrected chi connectivity index (χ0v) is 27.9. The molecule has 252 valence electrons. The number of nitrogens with one attached hydrogen (secondary N) is 1. The molecule has 1 aliphatic heterocycles. The Balaban J connectivity index is 1.40. The number of aromatic carboxylic acids is 1. The molecule has 1 aliphatic carbocycles. The Kier molecular flexibility index (Phi) is 9.95. The molecule has 0 bridgehead atoms. The Morgan fingerprint density at radius 3 is 2.31 bits per heavy atom. The summed E-state index contributed by atoms with van der Waals surface area (Å²) in [4.78, 5) is 27.1. The maximum absolute atomic E-state index is 15.7. The number of hydrogen-bond acceptors (Lipinski definition) is 7. The van der Waals surface area contributed by atoms with Gasteiger partial charge in [0, 0.05) is 30.9 Å². The normalized spacial score (nSPS) is 18.8. The Labute approximate surface area is 285 Å². The molecule has 6 rings (SSSR count). The van der Waals surface area contributed by atoms with Gasteiger partial charge in [-0.15, -0.1) is 10.8 Å². The summed E-state index contributed by atoms with van der Waals surface area (Å²) in [5, 5.41) is 12.4. The van der Waals surface area contributed by atoms with Crippen LogP contribution in [0, 0.1) is 11.7 Å². The van der Waals surface area contributed by atoms with Crippen molar-refractivity contribution in [3.8, 4) is 11.1 Å². The van der Waals surface area contributed by atoms with Crippen molar-refractivity contribution in [3.05, 3.63) is 107 Å². The average molecular weight is 694 g/mol. The number of rotatable bonds is 7. The van der Waals surface area contributed by atoms with Crippen LogP contribution in [0.5, 0.6) is 0 Å². The van der Waals surface area contributed by atoms with Gasteiger partial charge in [0.05, 0.1) is 26.9 Å². The standard InChI is InChI=1S/C36H37ClFN3O6S/c1-40-32(24-13-7-3-8-14-24)21-41(26-15-9-4-10-16-26)31-20-29(37)27(19-33(31)48(40,45)46)25-17-28(35(42)43)34(30(38)18-25)39-36(44)47-22-23-11-5-2-6-12-23/h2,4-6,9-12,15-20,24,32,45-46H,3,7-8,13-14,21-22H2,1H3,(H,39,44)(H,42,43). The van der Waals surface area contributed by atoms with Crippen molar-refractivity contribution in [1.29, 1.82) is 0 Å². The molecule has 1 heterocycles. The first-order valence-electron chi connectivity index (χ1n) is 15.8. The summed E-state index contributed by atoms with van der Waals surface area (Å²) < 4.78 is 46.4. The second-order valence-electron chi connectivity index (χ2n) is 12.1. The number of amides is 1. The number of halogens is 2. The zero-order valence-electron chi connectivity index (χ0n) is 26.3. The molecule has 1 atom stereocenters. The number of hydrogen-bond donors (Lipinski definition) is 4. The third kappa shape index (κ3) is 6.87. The molecule has 4 N–H and O–H groups in total. The van der Waals surface area contributed by atoms with E-state index in [1.54, 1.807) is 41.7 Å². The van der Waals surface area contributed by atoms with Crippen LogP contribution in [0.15, 0.2) is 89.8 Å². The summed E-state index contributed by atoms with van der Waals surface area (Å²) in [5.74, 6) is -2.27. The van der Waals surface area contributed by atoms with E-state index in [1.165, 1.54) is 12.1 Å². The largest absolute Gasteiger partial charge is 0.478 e. The van der Waals surface area contributed by atoms with Gasteiger partial charge in [0.25, 0.3) is 0 Å². The molecule has 1 amide bonds. The van der Waals surface area contributed by atoms with Gasteiger partial charge in [0.15, 0.2) is 0 Å². The third-order valence-corrected chi connectivity index (χ3v) is 11.5. The van der Waals surface area contributed by atoms with Gasteiger partial charge in [-0.25, -0.2) is 14.0 Å². The minimum Gasteiger partial charge on any atom is -0.478 e. The molecule has 0 aromatic heterocycles. The fraction of sp³-hybridized carbons (Fsp3) is 0.278. The lowest BCUT2D eigenvalue weighted by molar-refractivity contribution is 0.0697. The summed E-state index contributed by atoms with van der Waals surface area (Å²) in [6.07, 6.45) is 4.25. The molecule has 1 saturated carbocycles. The minimum atomic E-state index is -3.58. The topological polar surface area (TPSA) is 123 Å². The fourth-order valence-electron chi connectivity index (χ4n) is 6.68. The number of likely N-dealkylation sites (N-methyl/N-ethyl adjacent to an activating group) is 1. The predicted molar refractivity (Wildman–Crippen MR) is 187 cm³/mol. The Bertz CT molecular complexity index is 1810. The number of fused-ring (bicyclic) bond motifs is 1. The van der Waals surface area contributed by atoms with E-state index in [9.17, 15) is 23.8 Å². The molecule has 1 unspecified atom stereocenters. The van der Waals surface area contributed by atoms with Crippen molar-refractivity contribution in [2.45, 2.75) is 49.6 Å². The highest BCUT2D eigenvalue weighted by Gasteiger charge is 2.41. The number of carboxylic acid groups (broad SMARTS) is 1. The van der Waals surface area contributed by atoms with E-state index in [1.807, 2.05) is 41.3 Å². The lowest BCUT2D eigenvalue weighted by Crippen LogP contribution is -2.45. The number of benzene rings is 4. The van der Waals surface area contributed by atoms with Crippen LogP contribution in [0.4, 0.5) is 26.2 Å². The molecule has 48 heavy (non-hydrogen) atoms. The summed E-state index contributed by atoms with van der Waals surface area (Å²) in [7, 11) is -1.86. The van der Waals surface area contributed by atoms with Crippen molar-refractivity contribution >= 4 is 51.5 Å². The van der Waals surface area contributed by atoms with Gasteiger partial charge in [-0.1, -0.05) is 79.4 Å². The van der Waals surface area contributed by atoms with Gasteiger partial charge in [-0.05, 0) is 66.3 Å². The first-order valence-corrected chi connectivity index (χ1v) is 17.6. The van der Waals surface area contributed by atoms with Gasteiger partial charge in [0.2, 0.25) is 0 Å². The monoisotopic (exact) mass is 693 g/mol. The number of carboxylic acids is 1. The van der Waals surface area contributed by atoms with Crippen molar-refractivity contribution in [3.63, 3.8) is 0 Å². The molecule has 0 saturated heterocycles. The van der Waals surface area contributed by atoms with E-state index in [0.717, 1.165) is 43.9 Å². The molecule has 1 fully saturated rings. The van der Waals surface area contributed by atoms with Crippen molar-refractivity contribution < 1.29 is 32.9 Å². The third-order valence-electron chi connectivity index (χ3n) is 9.21. The van der Waals surface area contributed by atoms with Crippen LogP contribution in [0.25, 0.3) is 11.1 Å². The van der Waals surface area contributed by atoms with E-state index in [2.05, 4.69) is 5.32 Å². The zero-order chi connectivity index (χ0) is 34.0. The number of para-hydroxylation sites is 1. The van der Waals surface area contributed by atoms with Crippen molar-refractivity contribution in [1.82, 2.24) is 4.31 Å². The van der Waals surface area contributed by atoms with Crippen molar-refractivity contribution in [2.75, 3.05) is 23.8 Å². The molecular weight excluding hydrogens is 657 g/mol. The van der Waals surface area contributed by atoms with Gasteiger partial charge in [-0.3, -0.25) is 14.4 Å². The fourth-order valence-corrected chi connectivity index (χ4v) is 8.59. The van der Waals surface area contributed by atoms with Gasteiger partial charge >= 0.3 is 12.1 Å². The quantitative estimate of drug-likeness (QED) is 0.151. The highest BCUT2D eigenvalue weighted by molar-refractivity contribution is 8.22. The molecule has 0 spiro atoms. The number of nitrogens with zero attached hydrogens (tertiary/aromatic N) is 2. The van der Waals surface area contributed by atoms with Crippen LogP contribution in [0.1, 0.15) is 48.0 Å². The Hall–Kier alpha value is -4.13. The summed E-state index contributed by atoms with van der Waals surface area (Å²) in [5.41, 5.74) is 1.24. The molecule has 2 aliphatic rings. The van der Waals surface area contributed by atoms with Gasteiger partial charge in [-0.2, -0.15) is 4.31 Å². The number of carbonyl (C=O) groups excluding carboxylic acids is 1. The summed E-state index contributed by atoms with van der Waals surface area (Å²) in [6.45, 7) is 0.393. The number of ether oxygens (including phenoxy) is 1. The van der Waals surface area contributed by atoms with E-state index in [4.69, 9.17) is 16.3 Å². The molecule has 0 radical (unpaired) electrons. The lowest BCUT2D eigenvalue weighted by Gasteiger charge is -2.46. The first-order chi connectivity index (χ1) is 23.0. The maximum Gasteiger partial charge on any atom is 0.412 e. The van der Waals surface area contributed by atoms with Crippen LogP contribution in [-0.2, 0) is 11.3 Å². The van der Waals surface area contributed by atoms with E-state index < -0.39 is 39.9 Å². The molecule has 9 nitrogen and oxygen atoms in total. The van der Waals surface area contributed by atoms with E-state index >= 15 is 4.39 Å². The van der Waals surface area contributed by atoms with Crippen LogP contribution in [0.2, 0.25) is 5.02 Å². The number of anilines is 3. The highest BCUT2D eigenvalue weighted by Crippen LogP contribution is 2.60. The van der Waals surface area contributed by atoms with Gasteiger partial charge < -0.3 is 14.7 Å². The predicted octanol–water partition coefficient (Wildman–Crippen LogP) is 9.65. The van der Waals surface area contributed by atoms with Crippen LogP contribution in [-0.4, -0.2) is 50.2 Å². The van der Waals surface area contributed by atoms with E-state index in [-0.39, 0.29) is 39.6 Å². The summed E-state index contributed by atoms with van der Waals surface area (Å²) in [6, 6.07) is 23.7. The molecule has 4 aromatic carbocycles. The molecule has 4 aromatic rings. The second-order valence-corrected chi connectivity index (χ2v) is 14.6. The summed E-state index contributed by atoms with van der Waals surface area (Å²) >= 11 is 6.87. The van der Waals surface area contributed by atoms with E-state index in [0.29, 0.717) is 17.8 Å². The highest BCUT2D eigenvalue weighted by atomic mass is 35.5. The van der Waals surface area contributed by atoms with Crippen LogP contribution in [0.3, 0.4) is 0 Å². The number of carbonyl (C=O) groups is 2. The smallest absolute Gasteiger partial charge is 0.412 e. The molecular formula is C36H37ClFN3O6S. The van der Waals surface area contributed by atoms with Gasteiger partial charge in [0.1, 0.15) is 12.4 Å². The van der Waals surface area contributed by atoms with Crippen molar-refractivity contribution in [2.24, 2.45) is 5.92 Å². The molecule has 12 heteroatoms. The Morgan fingerprint density at radius 2 is 1.65 bits per heavy atom. The SMILES string of the molecule is CN1C(C2CCCCC2)CN(c2ccccc2)c2cc(Cl)c(-c3cc(F)c(NC(=O)OCc4ccccc4)c(C(=O)O)c3)cc2S1(O)O. The minimum absolute atomic E-state index is 0.0816.